The quantitative estimate of drug-likeness (QED) is 0.111. The highest BCUT2D eigenvalue weighted by atomic mass is 35.5. The molecule has 19 heteroatoms. The standard InChI is InChI=1S/C22H17Cl2N5OS.2C2HF3O2/c1-11(2)31(30)12-8-15(23)18(16(24)9-12)22-28-19-13-5-7-25-10-17(13)27-21-14(20(19)29-22)4-3-6-26-21;2*3-2(4,5)1(6)7/h3-11H,1-2H3,(H,26,27)(H,28,29);2*(H,6,7). The van der Waals surface area contributed by atoms with Crippen LogP contribution in [0, 0.1) is 0 Å². The number of benzene rings is 1. The fraction of sp³-hybridized carbons (Fsp3) is 0.192. The van der Waals surface area contributed by atoms with Crippen molar-refractivity contribution in [2.75, 3.05) is 5.32 Å². The zero-order chi connectivity index (χ0) is 33.9. The first-order valence-corrected chi connectivity index (χ1v) is 14.1. The predicted octanol–water partition coefficient (Wildman–Crippen LogP) is 7.35. The van der Waals surface area contributed by atoms with Crippen LogP contribution in [0.5, 0.6) is 0 Å². The van der Waals surface area contributed by atoms with E-state index in [1.54, 1.807) is 30.7 Å². The van der Waals surface area contributed by atoms with E-state index in [9.17, 15) is 30.9 Å². The second-order valence-electron chi connectivity index (χ2n) is 8.97. The lowest BCUT2D eigenvalue weighted by atomic mass is 10.1. The first-order chi connectivity index (χ1) is 20.8. The van der Waals surface area contributed by atoms with Crippen LogP contribution in [0.3, 0.4) is 0 Å². The van der Waals surface area contributed by atoms with E-state index in [0.717, 1.165) is 28.2 Å². The number of H-pyrrole nitrogens is 1. The maximum absolute atomic E-state index is 12.5. The fourth-order valence-corrected chi connectivity index (χ4v) is 5.39. The van der Waals surface area contributed by atoms with Gasteiger partial charge >= 0.3 is 24.3 Å². The number of rotatable bonds is 3. The van der Waals surface area contributed by atoms with Gasteiger partial charge in [0.2, 0.25) is 0 Å². The van der Waals surface area contributed by atoms with Gasteiger partial charge in [-0.1, -0.05) is 23.2 Å². The number of fused-ring (bicyclic) bond motifs is 5. The summed E-state index contributed by atoms with van der Waals surface area (Å²) in [6, 6.07) is 9.12. The summed E-state index contributed by atoms with van der Waals surface area (Å²) in [4.78, 5) is 35.3. The van der Waals surface area contributed by atoms with Crippen LogP contribution in [0.4, 0.5) is 37.8 Å². The maximum Gasteiger partial charge on any atom is 0.490 e. The van der Waals surface area contributed by atoms with Gasteiger partial charge in [-0.2, -0.15) is 26.3 Å². The molecule has 1 unspecified atom stereocenters. The van der Waals surface area contributed by atoms with E-state index >= 15 is 0 Å². The largest absolute Gasteiger partial charge is 0.611 e. The minimum Gasteiger partial charge on any atom is -0.611 e. The van der Waals surface area contributed by atoms with Gasteiger partial charge in [0.05, 0.1) is 33.2 Å². The molecule has 4 aromatic rings. The molecule has 0 bridgehead atoms. The van der Waals surface area contributed by atoms with Gasteiger partial charge < -0.3 is 25.1 Å². The minimum atomic E-state index is -5.08. The number of alkyl halides is 6. The number of aromatic amines is 1. The van der Waals surface area contributed by atoms with Crippen molar-refractivity contribution in [1.82, 2.24) is 19.9 Å². The Bertz CT molecular complexity index is 1610. The number of anilines is 2. The average molecular weight is 698 g/mol. The van der Waals surface area contributed by atoms with Gasteiger partial charge in [0.1, 0.15) is 22.6 Å². The number of nitrogens with one attached hydrogen (secondary N) is 2. The van der Waals surface area contributed by atoms with Crippen molar-refractivity contribution in [1.29, 1.82) is 0 Å². The van der Waals surface area contributed by atoms with Crippen LogP contribution >= 0.6 is 23.2 Å². The van der Waals surface area contributed by atoms with Gasteiger partial charge in [0, 0.05) is 35.7 Å². The highest BCUT2D eigenvalue weighted by Crippen LogP contribution is 2.44. The highest BCUT2D eigenvalue weighted by Gasteiger charge is 2.39. The van der Waals surface area contributed by atoms with Gasteiger partial charge in [-0.15, -0.1) is 0 Å². The number of halogens is 8. The molecule has 1 aliphatic rings. The molecule has 1 atom stereocenters. The number of hydrogen-bond donors (Lipinski definition) is 4. The summed E-state index contributed by atoms with van der Waals surface area (Å²) in [5.41, 5.74) is 4.69. The Kier molecular flexibility index (Phi) is 11.0. The molecule has 1 aliphatic heterocycles. The molecule has 10 nitrogen and oxygen atoms in total. The zero-order valence-corrected chi connectivity index (χ0v) is 24.9. The molecular weight excluding hydrogens is 679 g/mol. The molecule has 1 aromatic carbocycles. The lowest BCUT2D eigenvalue weighted by molar-refractivity contribution is -0.193. The summed E-state index contributed by atoms with van der Waals surface area (Å²) in [5, 5.41) is 18.3. The maximum atomic E-state index is 12.5. The fourth-order valence-electron chi connectivity index (χ4n) is 3.58. The molecule has 0 spiro atoms. The normalized spacial score (nSPS) is 12.5. The molecule has 240 valence electrons. The second-order valence-corrected chi connectivity index (χ2v) is 11.8. The number of carboxylic acids is 2. The first-order valence-electron chi connectivity index (χ1n) is 12.1. The van der Waals surface area contributed by atoms with Crippen molar-refractivity contribution < 1.29 is 50.7 Å². The minimum absolute atomic E-state index is 0.0423. The summed E-state index contributed by atoms with van der Waals surface area (Å²) < 4.78 is 76.0. The number of pyridine rings is 2. The number of aromatic nitrogens is 4. The van der Waals surface area contributed by atoms with Crippen molar-refractivity contribution in [2.45, 2.75) is 36.3 Å². The smallest absolute Gasteiger partial charge is 0.490 e. The van der Waals surface area contributed by atoms with Crippen LogP contribution in [-0.2, 0) is 20.8 Å². The van der Waals surface area contributed by atoms with Crippen molar-refractivity contribution in [3.63, 3.8) is 0 Å². The number of imidazole rings is 1. The Morgan fingerprint density at radius 2 is 1.51 bits per heavy atom. The van der Waals surface area contributed by atoms with Crippen molar-refractivity contribution >= 4 is 57.8 Å². The van der Waals surface area contributed by atoms with Crippen molar-refractivity contribution in [3.05, 3.63) is 59.0 Å². The van der Waals surface area contributed by atoms with Gasteiger partial charge in [-0.3, -0.25) is 4.98 Å². The molecule has 3 aromatic heterocycles. The van der Waals surface area contributed by atoms with Gasteiger partial charge in [0.15, 0.2) is 4.90 Å². The molecule has 0 radical (unpaired) electrons. The molecule has 45 heavy (non-hydrogen) atoms. The molecular formula is C26H19Cl2F6N5O5S. The summed E-state index contributed by atoms with van der Waals surface area (Å²) >= 11 is 12.0. The van der Waals surface area contributed by atoms with Gasteiger partial charge in [-0.05, 0) is 43.2 Å². The Labute approximate surface area is 262 Å². The summed E-state index contributed by atoms with van der Waals surface area (Å²) in [5.74, 6) is -4.30. The molecule has 0 saturated carbocycles. The van der Waals surface area contributed by atoms with E-state index in [1.807, 2.05) is 32.0 Å². The number of hydrogen-bond acceptors (Lipinski definition) is 7. The molecule has 0 fully saturated rings. The van der Waals surface area contributed by atoms with Crippen molar-refractivity contribution in [3.8, 4) is 33.9 Å². The zero-order valence-electron chi connectivity index (χ0n) is 22.6. The Morgan fingerprint density at radius 1 is 0.956 bits per heavy atom. The van der Waals surface area contributed by atoms with Crippen molar-refractivity contribution in [2.24, 2.45) is 0 Å². The van der Waals surface area contributed by atoms with Gasteiger partial charge in [-0.25, -0.2) is 19.6 Å². The molecule has 0 saturated heterocycles. The van der Waals surface area contributed by atoms with Crippen LogP contribution in [0.1, 0.15) is 13.8 Å². The van der Waals surface area contributed by atoms with Crippen LogP contribution in [0.2, 0.25) is 10.0 Å². The Balaban J connectivity index is 0.000000331. The van der Waals surface area contributed by atoms with E-state index in [-0.39, 0.29) is 5.25 Å². The first kappa shape index (κ1) is 35.4. The van der Waals surface area contributed by atoms with Crippen LogP contribution < -0.4 is 5.32 Å². The van der Waals surface area contributed by atoms with E-state index < -0.39 is 35.5 Å². The number of carbonyl (C=O) groups is 2. The van der Waals surface area contributed by atoms with E-state index in [2.05, 4.69) is 20.3 Å². The molecule has 4 N–H and O–H groups in total. The molecule has 0 aliphatic carbocycles. The SMILES string of the molecule is CC(C)[S+]([O-])c1cc(Cl)c(-c2nc3c([nH]2)-c2ccncc2Nc2ncccc2-3)c(Cl)c1.O=C(O)C(F)(F)F.O=C(O)C(F)(F)F. The summed E-state index contributed by atoms with van der Waals surface area (Å²) in [6.07, 6.45) is -4.97. The Morgan fingerprint density at radius 3 is 2.02 bits per heavy atom. The van der Waals surface area contributed by atoms with E-state index in [4.69, 9.17) is 48.0 Å². The molecule has 5 rings (SSSR count). The third-order valence-corrected chi connectivity index (χ3v) is 7.66. The summed E-state index contributed by atoms with van der Waals surface area (Å²) in [6.45, 7) is 3.78. The lowest BCUT2D eigenvalue weighted by Gasteiger charge is -2.15. The second kappa shape index (κ2) is 13.9. The lowest BCUT2D eigenvalue weighted by Crippen LogP contribution is -2.21. The highest BCUT2D eigenvalue weighted by molar-refractivity contribution is 7.92. The number of nitrogens with zero attached hydrogens (tertiary/aromatic N) is 3. The van der Waals surface area contributed by atoms with Crippen LogP contribution in [0.25, 0.3) is 33.9 Å². The average Bonchev–Trinajstić information content (AvgIpc) is 3.31. The van der Waals surface area contributed by atoms with E-state index in [1.165, 1.54) is 0 Å². The molecule has 4 heterocycles. The van der Waals surface area contributed by atoms with Crippen LogP contribution in [-0.4, -0.2) is 64.2 Å². The third kappa shape index (κ3) is 8.56. The predicted molar refractivity (Wildman–Crippen MR) is 153 cm³/mol. The number of aliphatic carboxylic acids is 2. The number of carboxylic acid groups (broad SMARTS) is 2. The molecule has 0 amide bonds. The third-order valence-electron chi connectivity index (χ3n) is 5.51. The topological polar surface area (TPSA) is 164 Å². The van der Waals surface area contributed by atoms with Gasteiger partial charge in [0.25, 0.3) is 0 Å². The monoisotopic (exact) mass is 697 g/mol. The van der Waals surface area contributed by atoms with Crippen LogP contribution in [0.15, 0.2) is 53.8 Å². The summed E-state index contributed by atoms with van der Waals surface area (Å²) in [7, 11) is 0. The Hall–Kier alpha value is -4.06. The van der Waals surface area contributed by atoms with E-state index in [0.29, 0.717) is 32.1 Å².